The zero-order valence-electron chi connectivity index (χ0n) is 8.99. The molecule has 0 aromatic heterocycles. The summed E-state index contributed by atoms with van der Waals surface area (Å²) in [6, 6.07) is 0. The number of likely N-dealkylation sites (tertiary alicyclic amines) is 1. The first-order chi connectivity index (χ1) is 6.27. The molecule has 0 bridgehead atoms. The van der Waals surface area contributed by atoms with Crippen LogP contribution in [-0.2, 0) is 0 Å². The van der Waals surface area contributed by atoms with Gasteiger partial charge < -0.3 is 0 Å². The lowest BCUT2D eigenvalue weighted by molar-refractivity contribution is -0.192. The van der Waals surface area contributed by atoms with E-state index >= 15 is 0 Å². The molecule has 1 aliphatic rings. The van der Waals surface area contributed by atoms with Crippen LogP contribution in [0.2, 0.25) is 0 Å². The summed E-state index contributed by atoms with van der Waals surface area (Å²) in [6.07, 6.45) is -0.494. The molecule has 0 saturated carbocycles. The second-order valence-corrected chi connectivity index (χ2v) is 4.95. The standard InChI is InChI=1S/C10H18F3N/c1-9(2,3)10(12,13)8(11)14-6-4-5-7-14/h8H,4-7H2,1-3H3. The molecule has 0 aliphatic carbocycles. The smallest absolute Gasteiger partial charge is 0.269 e. The summed E-state index contributed by atoms with van der Waals surface area (Å²) < 4.78 is 40.7. The highest BCUT2D eigenvalue weighted by Gasteiger charge is 2.53. The van der Waals surface area contributed by atoms with Gasteiger partial charge in [-0.05, 0) is 12.8 Å². The van der Waals surface area contributed by atoms with Crippen LogP contribution in [0.5, 0.6) is 0 Å². The van der Waals surface area contributed by atoms with Crippen molar-refractivity contribution in [3.8, 4) is 0 Å². The van der Waals surface area contributed by atoms with Crippen LogP contribution in [0.25, 0.3) is 0 Å². The lowest BCUT2D eigenvalue weighted by Gasteiger charge is -2.36. The molecule has 1 unspecified atom stereocenters. The van der Waals surface area contributed by atoms with Gasteiger partial charge in [-0.2, -0.15) is 0 Å². The SMILES string of the molecule is CC(C)(C)C(F)(F)C(F)N1CCCC1. The van der Waals surface area contributed by atoms with Crippen molar-refractivity contribution in [2.75, 3.05) is 13.1 Å². The van der Waals surface area contributed by atoms with Crippen LogP contribution in [0.1, 0.15) is 33.6 Å². The Kier molecular flexibility index (Phi) is 3.14. The Hall–Kier alpha value is -0.250. The third kappa shape index (κ3) is 2.05. The molecular formula is C10H18F3N. The lowest BCUT2D eigenvalue weighted by Crippen LogP contribution is -2.50. The summed E-state index contributed by atoms with van der Waals surface area (Å²) >= 11 is 0. The third-order valence-electron chi connectivity index (χ3n) is 2.76. The predicted molar refractivity (Wildman–Crippen MR) is 50.1 cm³/mol. The maximum atomic E-state index is 13.6. The van der Waals surface area contributed by atoms with E-state index < -0.39 is 17.6 Å². The minimum Gasteiger partial charge on any atom is -0.269 e. The van der Waals surface area contributed by atoms with E-state index in [0.29, 0.717) is 13.1 Å². The van der Waals surface area contributed by atoms with E-state index in [1.54, 1.807) is 0 Å². The topological polar surface area (TPSA) is 3.24 Å². The Labute approximate surface area is 83.3 Å². The van der Waals surface area contributed by atoms with Gasteiger partial charge in [-0.15, -0.1) is 0 Å². The maximum Gasteiger partial charge on any atom is 0.296 e. The largest absolute Gasteiger partial charge is 0.296 e. The molecule has 0 aromatic rings. The van der Waals surface area contributed by atoms with Crippen molar-refractivity contribution < 1.29 is 13.2 Å². The van der Waals surface area contributed by atoms with Crippen molar-refractivity contribution in [1.29, 1.82) is 0 Å². The van der Waals surface area contributed by atoms with Gasteiger partial charge in [0.25, 0.3) is 5.92 Å². The molecule has 4 heteroatoms. The van der Waals surface area contributed by atoms with Crippen LogP contribution >= 0.6 is 0 Å². The summed E-state index contributed by atoms with van der Waals surface area (Å²) in [5.74, 6) is -3.28. The highest BCUT2D eigenvalue weighted by atomic mass is 19.3. The fraction of sp³-hybridized carbons (Fsp3) is 1.00. The fourth-order valence-corrected chi connectivity index (χ4v) is 1.55. The van der Waals surface area contributed by atoms with Gasteiger partial charge >= 0.3 is 0 Å². The Bertz CT molecular complexity index is 192. The molecule has 1 nitrogen and oxygen atoms in total. The van der Waals surface area contributed by atoms with Crippen molar-refractivity contribution in [1.82, 2.24) is 4.90 Å². The van der Waals surface area contributed by atoms with Crippen molar-refractivity contribution in [3.63, 3.8) is 0 Å². The van der Waals surface area contributed by atoms with Crippen LogP contribution in [0.4, 0.5) is 13.2 Å². The quantitative estimate of drug-likeness (QED) is 0.632. The van der Waals surface area contributed by atoms with Crippen molar-refractivity contribution in [2.45, 2.75) is 45.8 Å². The number of alkyl halides is 3. The molecule has 0 N–H and O–H groups in total. The van der Waals surface area contributed by atoms with Gasteiger partial charge in [0.15, 0.2) is 0 Å². The van der Waals surface area contributed by atoms with E-state index in [2.05, 4.69) is 0 Å². The van der Waals surface area contributed by atoms with Gasteiger partial charge in [0.2, 0.25) is 6.30 Å². The Morgan fingerprint density at radius 2 is 1.50 bits per heavy atom. The minimum atomic E-state index is -3.28. The monoisotopic (exact) mass is 209 g/mol. The predicted octanol–water partition coefficient (Wildman–Crippen LogP) is 3.06. The van der Waals surface area contributed by atoms with Gasteiger partial charge in [0.1, 0.15) is 0 Å². The Balaban J connectivity index is 2.70. The molecule has 1 rings (SSSR count). The summed E-state index contributed by atoms with van der Waals surface area (Å²) in [7, 11) is 0. The Morgan fingerprint density at radius 3 is 1.86 bits per heavy atom. The zero-order valence-corrected chi connectivity index (χ0v) is 8.99. The molecular weight excluding hydrogens is 191 g/mol. The number of hydrogen-bond acceptors (Lipinski definition) is 1. The first kappa shape index (κ1) is 11.8. The highest BCUT2D eigenvalue weighted by molar-refractivity contribution is 4.89. The van der Waals surface area contributed by atoms with Gasteiger partial charge in [0.05, 0.1) is 0 Å². The molecule has 1 atom stereocenters. The first-order valence-corrected chi connectivity index (χ1v) is 5.03. The Morgan fingerprint density at radius 1 is 1.07 bits per heavy atom. The third-order valence-corrected chi connectivity index (χ3v) is 2.76. The molecule has 0 spiro atoms. The van der Waals surface area contributed by atoms with E-state index in [0.717, 1.165) is 12.8 Å². The van der Waals surface area contributed by atoms with E-state index in [9.17, 15) is 13.2 Å². The number of halogens is 3. The average molecular weight is 209 g/mol. The van der Waals surface area contributed by atoms with E-state index in [4.69, 9.17) is 0 Å². The molecule has 1 saturated heterocycles. The summed E-state index contributed by atoms with van der Waals surface area (Å²) in [4.78, 5) is 1.24. The van der Waals surface area contributed by atoms with Crippen molar-refractivity contribution >= 4 is 0 Å². The molecule has 1 heterocycles. The minimum absolute atomic E-state index is 0.451. The molecule has 84 valence electrons. The molecule has 1 aliphatic heterocycles. The molecule has 0 amide bonds. The zero-order chi connectivity index (χ0) is 11.0. The van der Waals surface area contributed by atoms with Gasteiger partial charge in [-0.25, -0.2) is 13.2 Å². The lowest BCUT2D eigenvalue weighted by atomic mass is 9.87. The highest BCUT2D eigenvalue weighted by Crippen LogP contribution is 2.41. The first-order valence-electron chi connectivity index (χ1n) is 5.03. The molecule has 0 aromatic carbocycles. The van der Waals surface area contributed by atoms with Crippen LogP contribution in [0.3, 0.4) is 0 Å². The van der Waals surface area contributed by atoms with Gasteiger partial charge in [0, 0.05) is 18.5 Å². The summed E-state index contributed by atoms with van der Waals surface area (Å²) in [5, 5.41) is 0. The van der Waals surface area contributed by atoms with Crippen LogP contribution in [0.15, 0.2) is 0 Å². The maximum absolute atomic E-state index is 13.6. The van der Waals surface area contributed by atoms with Crippen LogP contribution in [0, 0.1) is 5.41 Å². The summed E-state index contributed by atoms with van der Waals surface area (Å²) in [5.41, 5.74) is -1.32. The molecule has 14 heavy (non-hydrogen) atoms. The second kappa shape index (κ2) is 3.72. The number of hydrogen-bond donors (Lipinski definition) is 0. The average Bonchev–Trinajstić information content (AvgIpc) is 2.52. The second-order valence-electron chi connectivity index (χ2n) is 4.95. The molecule has 1 fully saturated rings. The normalized spacial score (nSPS) is 22.7. The summed E-state index contributed by atoms with van der Waals surface area (Å²) in [6.45, 7) is 5.01. The van der Waals surface area contributed by atoms with E-state index in [-0.39, 0.29) is 0 Å². The number of nitrogens with zero attached hydrogens (tertiary/aromatic N) is 1. The van der Waals surface area contributed by atoms with Crippen molar-refractivity contribution in [3.05, 3.63) is 0 Å². The van der Waals surface area contributed by atoms with Crippen molar-refractivity contribution in [2.24, 2.45) is 5.41 Å². The van der Waals surface area contributed by atoms with E-state index in [1.807, 2.05) is 0 Å². The van der Waals surface area contributed by atoms with E-state index in [1.165, 1.54) is 25.7 Å². The van der Waals surface area contributed by atoms with Crippen LogP contribution < -0.4 is 0 Å². The van der Waals surface area contributed by atoms with Gasteiger partial charge in [-0.1, -0.05) is 20.8 Å². The van der Waals surface area contributed by atoms with Crippen LogP contribution in [-0.4, -0.2) is 30.2 Å². The van der Waals surface area contributed by atoms with Gasteiger partial charge in [-0.3, -0.25) is 4.90 Å². The fourth-order valence-electron chi connectivity index (χ4n) is 1.55. The molecule has 0 radical (unpaired) electrons. The number of rotatable bonds is 2.